The van der Waals surface area contributed by atoms with Crippen molar-refractivity contribution in [2.75, 3.05) is 12.4 Å². The van der Waals surface area contributed by atoms with Crippen LogP contribution < -0.4 is 10.6 Å². The number of ether oxygens (including phenoxy) is 1. The van der Waals surface area contributed by atoms with E-state index in [4.69, 9.17) is 16.0 Å². The number of methoxy groups -OCH3 is 1. The summed E-state index contributed by atoms with van der Waals surface area (Å²) >= 11 is 6.12. The molecule has 0 spiro atoms. The summed E-state index contributed by atoms with van der Waals surface area (Å²) in [6.45, 7) is 1.89. The predicted molar refractivity (Wildman–Crippen MR) is 118 cm³/mol. The minimum atomic E-state index is -0.565. The normalized spacial score (nSPS) is 10.5. The zero-order valence-corrected chi connectivity index (χ0v) is 18.1. The third kappa shape index (κ3) is 5.25. The van der Waals surface area contributed by atoms with Crippen molar-refractivity contribution < 1.29 is 23.7 Å². The Balaban J connectivity index is 1.70. The summed E-state index contributed by atoms with van der Waals surface area (Å²) in [6.07, 6.45) is 0. The maximum absolute atomic E-state index is 12.5. The fourth-order valence-corrected chi connectivity index (χ4v) is 3.22. The number of amides is 1. The van der Waals surface area contributed by atoms with Gasteiger partial charge in [-0.3, -0.25) is 14.9 Å². The molecule has 1 aromatic heterocycles. The Labute approximate surface area is 188 Å². The van der Waals surface area contributed by atoms with Gasteiger partial charge in [0.05, 0.1) is 18.6 Å². The van der Waals surface area contributed by atoms with Crippen LogP contribution in [-0.4, -0.2) is 23.9 Å². The van der Waals surface area contributed by atoms with Gasteiger partial charge in [0.1, 0.15) is 22.8 Å². The lowest BCUT2D eigenvalue weighted by atomic mass is 10.1. The minimum absolute atomic E-state index is 0.00300. The number of hydrogen-bond donors (Lipinski definition) is 2. The summed E-state index contributed by atoms with van der Waals surface area (Å²) in [5.74, 6) is -0.354. The highest BCUT2D eigenvalue weighted by Gasteiger charge is 2.19. The molecule has 0 aliphatic heterocycles. The van der Waals surface area contributed by atoms with Gasteiger partial charge in [-0.05, 0) is 36.8 Å². The second-order valence-electron chi connectivity index (χ2n) is 6.79. The second kappa shape index (κ2) is 9.97. The van der Waals surface area contributed by atoms with Crippen LogP contribution >= 0.6 is 11.6 Å². The largest absolute Gasteiger partial charge is 0.465 e. The number of nitrogens with one attached hydrogen (secondary N) is 2. The Morgan fingerprint density at radius 3 is 2.59 bits per heavy atom. The number of nitro groups is 1. The van der Waals surface area contributed by atoms with E-state index in [0.29, 0.717) is 16.5 Å². The van der Waals surface area contributed by atoms with Crippen LogP contribution in [-0.2, 0) is 17.8 Å². The van der Waals surface area contributed by atoms with Crippen LogP contribution in [0.5, 0.6) is 0 Å². The summed E-state index contributed by atoms with van der Waals surface area (Å²) in [5, 5.41) is 17.7. The molecule has 9 nitrogen and oxygen atoms in total. The Kier molecular flexibility index (Phi) is 7.11. The van der Waals surface area contributed by atoms with Crippen LogP contribution in [0.15, 0.2) is 52.9 Å². The van der Waals surface area contributed by atoms with Crippen LogP contribution in [0.3, 0.4) is 0 Å². The van der Waals surface area contributed by atoms with Gasteiger partial charge in [0.2, 0.25) is 0 Å². The van der Waals surface area contributed by atoms with Gasteiger partial charge >= 0.3 is 5.97 Å². The van der Waals surface area contributed by atoms with E-state index in [-0.39, 0.29) is 35.6 Å². The molecule has 1 heterocycles. The van der Waals surface area contributed by atoms with E-state index in [0.717, 1.165) is 5.56 Å². The van der Waals surface area contributed by atoms with E-state index in [1.54, 1.807) is 19.1 Å². The quantitative estimate of drug-likeness (QED) is 0.290. The van der Waals surface area contributed by atoms with Crippen molar-refractivity contribution in [1.29, 1.82) is 0 Å². The number of nitro benzene ring substituents is 1. The maximum Gasteiger partial charge on any atom is 0.341 e. The highest BCUT2D eigenvalue weighted by atomic mass is 35.5. The first-order chi connectivity index (χ1) is 15.3. The molecule has 0 saturated carbocycles. The molecule has 0 radical (unpaired) electrons. The summed E-state index contributed by atoms with van der Waals surface area (Å²) in [5.41, 5.74) is 1.17. The summed E-state index contributed by atoms with van der Waals surface area (Å²) in [6, 6.07) is 12.8. The van der Waals surface area contributed by atoms with Gasteiger partial charge in [0, 0.05) is 23.2 Å². The van der Waals surface area contributed by atoms with Gasteiger partial charge in [-0.1, -0.05) is 29.8 Å². The number of aryl methyl sites for hydroxylation is 1. The molecule has 0 bridgehead atoms. The van der Waals surface area contributed by atoms with Crippen molar-refractivity contribution in [3.05, 3.63) is 91.9 Å². The fourth-order valence-electron chi connectivity index (χ4n) is 3.02. The smallest absolute Gasteiger partial charge is 0.341 e. The first kappa shape index (κ1) is 22.8. The number of carbonyl (C=O) groups is 2. The highest BCUT2D eigenvalue weighted by molar-refractivity contribution is 6.31. The Hall–Kier alpha value is -3.85. The van der Waals surface area contributed by atoms with Gasteiger partial charge in [0.15, 0.2) is 0 Å². The first-order valence-electron chi connectivity index (χ1n) is 9.51. The number of esters is 1. The third-order valence-corrected chi connectivity index (χ3v) is 5.05. The van der Waals surface area contributed by atoms with Gasteiger partial charge in [-0.15, -0.1) is 0 Å². The Morgan fingerprint density at radius 2 is 1.91 bits per heavy atom. The number of anilines is 1. The number of furan rings is 1. The van der Waals surface area contributed by atoms with Gasteiger partial charge in [-0.2, -0.15) is 0 Å². The molecule has 10 heteroatoms. The molecule has 0 fully saturated rings. The van der Waals surface area contributed by atoms with Crippen molar-refractivity contribution in [1.82, 2.24) is 5.32 Å². The van der Waals surface area contributed by atoms with E-state index in [9.17, 15) is 19.7 Å². The van der Waals surface area contributed by atoms with Crippen molar-refractivity contribution in [2.24, 2.45) is 0 Å². The number of rotatable bonds is 8. The molecule has 1 amide bonds. The molecular formula is C22H20ClN3O6. The molecule has 0 unspecified atom stereocenters. The van der Waals surface area contributed by atoms with E-state index in [1.807, 2.05) is 12.1 Å². The lowest BCUT2D eigenvalue weighted by Gasteiger charge is -2.10. The van der Waals surface area contributed by atoms with Crippen molar-refractivity contribution in [2.45, 2.75) is 20.0 Å². The first-order valence-corrected chi connectivity index (χ1v) is 9.89. The SMILES string of the molecule is COC(=O)c1cc(CNC(=O)c2ccc(NCc3ccccc3Cl)c([N+](=O)[O-])c2)oc1C. The Morgan fingerprint density at radius 1 is 1.16 bits per heavy atom. The van der Waals surface area contributed by atoms with E-state index in [2.05, 4.69) is 15.4 Å². The molecular weight excluding hydrogens is 438 g/mol. The van der Waals surface area contributed by atoms with Crippen molar-refractivity contribution >= 4 is 34.9 Å². The van der Waals surface area contributed by atoms with E-state index >= 15 is 0 Å². The number of halogens is 1. The third-order valence-electron chi connectivity index (χ3n) is 4.68. The predicted octanol–water partition coefficient (Wildman–Crippen LogP) is 4.48. The van der Waals surface area contributed by atoms with Crippen molar-refractivity contribution in [3.63, 3.8) is 0 Å². The standard InChI is InChI=1S/C22H20ClN3O6/c1-13-17(22(28)31-2)10-16(32-13)12-25-21(27)14-7-8-19(20(9-14)26(29)30)24-11-15-5-3-4-6-18(15)23/h3-10,24H,11-12H2,1-2H3,(H,25,27). The zero-order valence-electron chi connectivity index (χ0n) is 17.3. The molecule has 32 heavy (non-hydrogen) atoms. The van der Waals surface area contributed by atoms with Crippen molar-refractivity contribution in [3.8, 4) is 0 Å². The molecule has 2 N–H and O–H groups in total. The zero-order chi connectivity index (χ0) is 23.3. The molecule has 3 aromatic rings. The molecule has 0 atom stereocenters. The number of carbonyl (C=O) groups excluding carboxylic acids is 2. The number of benzene rings is 2. The summed E-state index contributed by atoms with van der Waals surface area (Å²) in [7, 11) is 1.26. The summed E-state index contributed by atoms with van der Waals surface area (Å²) in [4.78, 5) is 35.1. The highest BCUT2D eigenvalue weighted by Crippen LogP contribution is 2.27. The molecule has 2 aromatic carbocycles. The lowest BCUT2D eigenvalue weighted by Crippen LogP contribution is -2.22. The van der Waals surface area contributed by atoms with Gasteiger partial charge in [0.25, 0.3) is 11.6 Å². The minimum Gasteiger partial charge on any atom is -0.465 e. The average molecular weight is 458 g/mol. The molecule has 3 rings (SSSR count). The number of nitrogens with zero attached hydrogens (tertiary/aromatic N) is 1. The monoisotopic (exact) mass is 457 g/mol. The van der Waals surface area contributed by atoms with Crippen LogP contribution in [0.4, 0.5) is 11.4 Å². The second-order valence-corrected chi connectivity index (χ2v) is 7.20. The fraction of sp³-hybridized carbons (Fsp3) is 0.182. The lowest BCUT2D eigenvalue weighted by molar-refractivity contribution is -0.384. The van der Waals surface area contributed by atoms with Crippen LogP contribution in [0.2, 0.25) is 5.02 Å². The average Bonchev–Trinajstić information content (AvgIpc) is 3.16. The molecule has 0 saturated heterocycles. The van der Waals surface area contributed by atoms with Crippen LogP contribution in [0, 0.1) is 17.0 Å². The van der Waals surface area contributed by atoms with Crippen LogP contribution in [0.25, 0.3) is 0 Å². The van der Waals surface area contributed by atoms with E-state index in [1.165, 1.54) is 31.4 Å². The maximum atomic E-state index is 12.5. The van der Waals surface area contributed by atoms with Gasteiger partial charge < -0.3 is 19.8 Å². The number of hydrogen-bond acceptors (Lipinski definition) is 7. The Bertz CT molecular complexity index is 1170. The van der Waals surface area contributed by atoms with E-state index < -0.39 is 16.8 Å². The molecule has 166 valence electrons. The summed E-state index contributed by atoms with van der Waals surface area (Å²) < 4.78 is 10.1. The molecule has 0 aliphatic carbocycles. The topological polar surface area (TPSA) is 124 Å². The van der Waals surface area contributed by atoms with Crippen LogP contribution in [0.1, 0.15) is 37.8 Å². The van der Waals surface area contributed by atoms with Gasteiger partial charge in [-0.25, -0.2) is 4.79 Å². The molecule has 0 aliphatic rings.